The van der Waals surface area contributed by atoms with Crippen LogP contribution in [0.2, 0.25) is 0 Å². The number of thiazole rings is 1. The first-order valence-electron chi connectivity index (χ1n) is 10.8. The van der Waals surface area contributed by atoms with Crippen LogP contribution < -0.4 is 5.01 Å². The number of rotatable bonds is 4. The van der Waals surface area contributed by atoms with Crippen LogP contribution >= 0.6 is 11.3 Å². The van der Waals surface area contributed by atoms with Crippen molar-refractivity contribution in [2.45, 2.75) is 12.5 Å². The van der Waals surface area contributed by atoms with Crippen LogP contribution in [0.4, 0.5) is 5.13 Å². The molecule has 5 aromatic rings. The minimum Gasteiger partial charge on any atom is -0.231 e. The smallest absolute Gasteiger partial charge is 0.207 e. The molecule has 6 rings (SSSR count). The Hall–Kier alpha value is -3.76. The molecule has 1 unspecified atom stereocenters. The predicted octanol–water partition coefficient (Wildman–Crippen LogP) is 7.32. The highest BCUT2D eigenvalue weighted by Gasteiger charge is 2.31. The van der Waals surface area contributed by atoms with Crippen molar-refractivity contribution in [1.29, 1.82) is 0 Å². The van der Waals surface area contributed by atoms with Crippen LogP contribution in [0.15, 0.2) is 114 Å². The Labute approximate surface area is 191 Å². The van der Waals surface area contributed by atoms with Crippen LogP contribution in [0.3, 0.4) is 0 Å². The third kappa shape index (κ3) is 3.49. The van der Waals surface area contributed by atoms with Gasteiger partial charge in [0.1, 0.15) is 0 Å². The SMILES string of the molecule is c1ccc(C2=NN(c3nc(-c4ccc5ccccc5c4)cs3)C(c3ccccc3)C2)cc1. The molecule has 0 fully saturated rings. The van der Waals surface area contributed by atoms with E-state index >= 15 is 0 Å². The summed E-state index contributed by atoms with van der Waals surface area (Å²) >= 11 is 1.65. The summed E-state index contributed by atoms with van der Waals surface area (Å²) in [7, 11) is 0. The fraction of sp³-hybridized carbons (Fsp3) is 0.0714. The number of hydrazone groups is 1. The van der Waals surface area contributed by atoms with Gasteiger partial charge in [-0.2, -0.15) is 5.10 Å². The van der Waals surface area contributed by atoms with E-state index in [2.05, 4.69) is 107 Å². The van der Waals surface area contributed by atoms with Gasteiger partial charge in [0.05, 0.1) is 17.4 Å². The zero-order chi connectivity index (χ0) is 21.3. The largest absolute Gasteiger partial charge is 0.231 e. The molecule has 0 amide bonds. The molecule has 3 nitrogen and oxygen atoms in total. The zero-order valence-electron chi connectivity index (χ0n) is 17.4. The second-order valence-corrected chi connectivity index (χ2v) is 8.80. The molecule has 0 saturated carbocycles. The summed E-state index contributed by atoms with van der Waals surface area (Å²) in [5.74, 6) is 0. The lowest BCUT2D eigenvalue weighted by Gasteiger charge is -2.21. The van der Waals surface area contributed by atoms with E-state index in [4.69, 9.17) is 10.1 Å². The molecule has 1 aliphatic rings. The molecule has 4 aromatic carbocycles. The average molecular weight is 432 g/mol. The van der Waals surface area contributed by atoms with E-state index in [9.17, 15) is 0 Å². The quantitative estimate of drug-likeness (QED) is 0.298. The first-order valence-corrected chi connectivity index (χ1v) is 11.6. The monoisotopic (exact) mass is 431 g/mol. The van der Waals surface area contributed by atoms with Gasteiger partial charge in [0.15, 0.2) is 0 Å². The summed E-state index contributed by atoms with van der Waals surface area (Å²) in [6.07, 6.45) is 0.860. The van der Waals surface area contributed by atoms with E-state index in [-0.39, 0.29) is 6.04 Å². The van der Waals surface area contributed by atoms with E-state index < -0.39 is 0 Å². The molecule has 4 heteroatoms. The summed E-state index contributed by atoms with van der Waals surface area (Å²) < 4.78 is 0. The molecule has 1 aliphatic heterocycles. The van der Waals surface area contributed by atoms with E-state index in [1.54, 1.807) is 11.3 Å². The number of hydrogen-bond acceptors (Lipinski definition) is 4. The van der Waals surface area contributed by atoms with Gasteiger partial charge in [-0.25, -0.2) is 9.99 Å². The summed E-state index contributed by atoms with van der Waals surface area (Å²) in [6, 6.07) is 36.2. The van der Waals surface area contributed by atoms with Gasteiger partial charge in [-0.1, -0.05) is 97.1 Å². The standard InChI is InChI=1S/C28H21N3S/c1-3-10-21(11-4-1)25-18-27(22-12-5-2-6-13-22)31(30-25)28-29-26(19-32-28)24-16-15-20-9-7-8-14-23(20)17-24/h1-17,19,27H,18H2. The van der Waals surface area contributed by atoms with Crippen molar-refractivity contribution in [1.82, 2.24) is 4.98 Å². The van der Waals surface area contributed by atoms with Crippen molar-refractivity contribution in [3.05, 3.63) is 120 Å². The average Bonchev–Trinajstić information content (AvgIpc) is 3.53. The first kappa shape index (κ1) is 19.0. The molecule has 1 aromatic heterocycles. The lowest BCUT2D eigenvalue weighted by molar-refractivity contribution is 0.706. The maximum absolute atomic E-state index is 5.04. The Morgan fingerprint density at radius 2 is 1.44 bits per heavy atom. The minimum atomic E-state index is 0.141. The number of benzene rings is 4. The number of aromatic nitrogens is 1. The molecule has 32 heavy (non-hydrogen) atoms. The highest BCUT2D eigenvalue weighted by Crippen LogP contribution is 2.39. The van der Waals surface area contributed by atoms with Crippen LogP contribution in [0.5, 0.6) is 0 Å². The van der Waals surface area contributed by atoms with Crippen molar-refractivity contribution >= 4 is 33.0 Å². The first-order chi connectivity index (χ1) is 15.8. The van der Waals surface area contributed by atoms with E-state index in [1.165, 1.54) is 21.9 Å². The zero-order valence-corrected chi connectivity index (χ0v) is 18.2. The summed E-state index contributed by atoms with van der Waals surface area (Å²) in [4.78, 5) is 5.01. The van der Waals surface area contributed by atoms with E-state index in [1.807, 2.05) is 6.07 Å². The third-order valence-electron chi connectivity index (χ3n) is 5.94. The lowest BCUT2D eigenvalue weighted by atomic mass is 9.99. The Bertz CT molecular complexity index is 1410. The number of hydrogen-bond donors (Lipinski definition) is 0. The summed E-state index contributed by atoms with van der Waals surface area (Å²) in [6.45, 7) is 0. The van der Waals surface area contributed by atoms with Crippen LogP contribution in [0, 0.1) is 0 Å². The minimum absolute atomic E-state index is 0.141. The molecule has 0 N–H and O–H groups in total. The molecule has 0 radical (unpaired) electrons. The second-order valence-electron chi connectivity index (χ2n) is 7.97. The van der Waals surface area contributed by atoms with Crippen molar-refractivity contribution in [3.63, 3.8) is 0 Å². The number of fused-ring (bicyclic) bond motifs is 1. The van der Waals surface area contributed by atoms with Crippen LogP contribution in [-0.4, -0.2) is 10.7 Å². The van der Waals surface area contributed by atoms with Crippen molar-refractivity contribution < 1.29 is 0 Å². The summed E-state index contributed by atoms with van der Waals surface area (Å²) in [5, 5.41) is 12.7. The van der Waals surface area contributed by atoms with Gasteiger partial charge in [0, 0.05) is 17.4 Å². The highest BCUT2D eigenvalue weighted by atomic mass is 32.1. The van der Waals surface area contributed by atoms with E-state index in [0.717, 1.165) is 28.5 Å². The van der Waals surface area contributed by atoms with Crippen molar-refractivity contribution in [2.24, 2.45) is 5.10 Å². The van der Waals surface area contributed by atoms with Crippen LogP contribution in [0.1, 0.15) is 23.6 Å². The normalized spacial score (nSPS) is 15.8. The summed E-state index contributed by atoms with van der Waals surface area (Å²) in [5.41, 5.74) is 5.65. The maximum atomic E-state index is 5.04. The third-order valence-corrected chi connectivity index (χ3v) is 6.77. The molecule has 0 saturated heterocycles. The van der Waals surface area contributed by atoms with Gasteiger partial charge in [0.2, 0.25) is 5.13 Å². The van der Waals surface area contributed by atoms with Gasteiger partial charge in [-0.3, -0.25) is 0 Å². The van der Waals surface area contributed by atoms with Gasteiger partial charge in [-0.05, 0) is 28.0 Å². The van der Waals surface area contributed by atoms with Crippen LogP contribution in [-0.2, 0) is 0 Å². The second kappa shape index (κ2) is 8.06. The Kier molecular flexibility index (Phi) is 4.78. The fourth-order valence-corrected chi connectivity index (χ4v) is 5.11. The molecule has 2 heterocycles. The van der Waals surface area contributed by atoms with Gasteiger partial charge >= 0.3 is 0 Å². The molecular weight excluding hydrogens is 410 g/mol. The maximum Gasteiger partial charge on any atom is 0.207 e. The number of nitrogens with zero attached hydrogens (tertiary/aromatic N) is 3. The Morgan fingerprint density at radius 1 is 0.719 bits per heavy atom. The fourth-order valence-electron chi connectivity index (χ4n) is 4.28. The van der Waals surface area contributed by atoms with Crippen molar-refractivity contribution in [2.75, 3.05) is 5.01 Å². The van der Waals surface area contributed by atoms with Gasteiger partial charge in [0.25, 0.3) is 0 Å². The van der Waals surface area contributed by atoms with Gasteiger partial charge < -0.3 is 0 Å². The highest BCUT2D eigenvalue weighted by molar-refractivity contribution is 7.14. The lowest BCUT2D eigenvalue weighted by Crippen LogP contribution is -2.18. The topological polar surface area (TPSA) is 28.5 Å². The molecular formula is C28H21N3S. The van der Waals surface area contributed by atoms with E-state index in [0.29, 0.717) is 0 Å². The molecule has 0 aliphatic carbocycles. The molecule has 1 atom stereocenters. The Morgan fingerprint density at radius 3 is 2.25 bits per heavy atom. The molecule has 154 valence electrons. The van der Waals surface area contributed by atoms with Crippen molar-refractivity contribution in [3.8, 4) is 11.3 Å². The molecule has 0 spiro atoms. The van der Waals surface area contributed by atoms with Crippen LogP contribution in [0.25, 0.3) is 22.0 Å². The molecule has 0 bridgehead atoms. The predicted molar refractivity (Wildman–Crippen MR) is 134 cm³/mol. The van der Waals surface area contributed by atoms with Gasteiger partial charge in [-0.15, -0.1) is 11.3 Å². The number of anilines is 1. The Balaban J connectivity index is 1.39.